The second-order valence-electron chi connectivity index (χ2n) is 7.47. The van der Waals surface area contributed by atoms with Gasteiger partial charge >= 0.3 is 0 Å². The molecule has 0 fully saturated rings. The van der Waals surface area contributed by atoms with Crippen LogP contribution in [-0.2, 0) is 0 Å². The molecule has 0 saturated carbocycles. The van der Waals surface area contributed by atoms with Gasteiger partial charge in [0.1, 0.15) is 0 Å². The Bertz CT molecular complexity index is 1260. The Kier molecular flexibility index (Phi) is 3.75. The minimum absolute atomic E-state index is 0.565. The molecule has 0 aliphatic heterocycles. The maximum absolute atomic E-state index is 2.42. The van der Waals surface area contributed by atoms with Crippen molar-refractivity contribution in [1.29, 1.82) is 0 Å². The third-order valence-electron chi connectivity index (χ3n) is 5.85. The van der Waals surface area contributed by atoms with E-state index in [9.17, 15) is 0 Å². The Morgan fingerprint density at radius 1 is 0.704 bits per heavy atom. The summed E-state index contributed by atoms with van der Waals surface area (Å²) in [6, 6.07) is 31.0. The molecule has 4 aromatic carbocycles. The molecule has 5 rings (SSSR count). The van der Waals surface area contributed by atoms with Crippen molar-refractivity contribution in [3.8, 4) is 5.69 Å². The number of para-hydroxylation sites is 1. The molecule has 0 aliphatic rings. The first-order chi connectivity index (χ1) is 13.3. The summed E-state index contributed by atoms with van der Waals surface area (Å²) in [6.07, 6.45) is 1.15. The van der Waals surface area contributed by atoms with Crippen LogP contribution in [0.5, 0.6) is 0 Å². The zero-order chi connectivity index (χ0) is 18.4. The summed E-state index contributed by atoms with van der Waals surface area (Å²) in [7, 11) is 0. The van der Waals surface area contributed by atoms with Crippen molar-refractivity contribution in [2.24, 2.45) is 0 Å². The highest BCUT2D eigenvalue weighted by Crippen LogP contribution is 2.36. The van der Waals surface area contributed by atoms with Crippen LogP contribution in [0.3, 0.4) is 0 Å². The van der Waals surface area contributed by atoms with Crippen molar-refractivity contribution in [1.82, 2.24) is 4.57 Å². The van der Waals surface area contributed by atoms with E-state index in [1.807, 2.05) is 0 Å². The van der Waals surface area contributed by atoms with Gasteiger partial charge < -0.3 is 4.57 Å². The van der Waals surface area contributed by atoms with Gasteiger partial charge in [-0.1, -0.05) is 68.4 Å². The molecule has 0 radical (unpaired) electrons. The number of fused-ring (bicyclic) bond motifs is 4. The number of hydrogen-bond acceptors (Lipinski definition) is 0. The van der Waals surface area contributed by atoms with E-state index in [1.165, 1.54) is 43.8 Å². The van der Waals surface area contributed by atoms with Gasteiger partial charge in [-0.25, -0.2) is 0 Å². The molecule has 1 nitrogen and oxygen atoms in total. The van der Waals surface area contributed by atoms with E-state index in [-0.39, 0.29) is 0 Å². The maximum Gasteiger partial charge on any atom is 0.0547 e. The Hall–Kier alpha value is -3.06. The normalized spacial score (nSPS) is 12.8. The molecule has 1 atom stereocenters. The van der Waals surface area contributed by atoms with Crippen LogP contribution < -0.4 is 0 Å². The van der Waals surface area contributed by atoms with E-state index in [0.29, 0.717) is 5.92 Å². The molecule has 1 aromatic heterocycles. The Morgan fingerprint density at radius 2 is 1.37 bits per heavy atom. The van der Waals surface area contributed by atoms with Crippen LogP contribution in [0, 0.1) is 0 Å². The van der Waals surface area contributed by atoms with E-state index < -0.39 is 0 Å². The van der Waals surface area contributed by atoms with Crippen LogP contribution in [0.2, 0.25) is 0 Å². The smallest absolute Gasteiger partial charge is 0.0547 e. The SMILES string of the molecule is CCC(C)c1ccc2c3cc4ccccc4cc3n(-c3ccccc3)c2c1. The van der Waals surface area contributed by atoms with E-state index in [1.54, 1.807) is 0 Å². The van der Waals surface area contributed by atoms with Gasteiger partial charge in [0.2, 0.25) is 0 Å². The highest BCUT2D eigenvalue weighted by molar-refractivity contribution is 6.13. The lowest BCUT2D eigenvalue weighted by molar-refractivity contribution is 0.734. The predicted octanol–water partition coefficient (Wildman–Crippen LogP) is 7.45. The zero-order valence-corrected chi connectivity index (χ0v) is 15.8. The van der Waals surface area contributed by atoms with Gasteiger partial charge in [0.05, 0.1) is 11.0 Å². The fraction of sp³-hybridized carbons (Fsp3) is 0.154. The van der Waals surface area contributed by atoms with Crippen molar-refractivity contribution in [3.63, 3.8) is 0 Å². The third kappa shape index (κ3) is 2.54. The Labute approximate surface area is 159 Å². The number of benzene rings is 4. The first kappa shape index (κ1) is 16.1. The van der Waals surface area contributed by atoms with Crippen molar-refractivity contribution < 1.29 is 0 Å². The van der Waals surface area contributed by atoms with Crippen LogP contribution in [-0.4, -0.2) is 4.57 Å². The topological polar surface area (TPSA) is 4.93 Å². The van der Waals surface area contributed by atoms with Gasteiger partial charge in [0.25, 0.3) is 0 Å². The summed E-state index contributed by atoms with van der Waals surface area (Å²) in [5.41, 5.74) is 5.20. The molecule has 27 heavy (non-hydrogen) atoms. The average molecular weight is 349 g/mol. The van der Waals surface area contributed by atoms with Gasteiger partial charge in [0.15, 0.2) is 0 Å². The van der Waals surface area contributed by atoms with Crippen LogP contribution in [0.1, 0.15) is 31.7 Å². The molecule has 1 unspecified atom stereocenters. The zero-order valence-electron chi connectivity index (χ0n) is 15.8. The van der Waals surface area contributed by atoms with Gasteiger partial charge in [-0.2, -0.15) is 0 Å². The van der Waals surface area contributed by atoms with Crippen LogP contribution >= 0.6 is 0 Å². The lowest BCUT2D eigenvalue weighted by Gasteiger charge is -2.11. The largest absolute Gasteiger partial charge is 0.309 e. The quantitative estimate of drug-likeness (QED) is 0.319. The van der Waals surface area contributed by atoms with E-state index >= 15 is 0 Å². The standard InChI is InChI=1S/C26H23N/c1-3-18(2)19-13-14-23-24-15-20-9-7-8-10-21(20)17-26(24)27(25(23)16-19)22-11-5-4-6-12-22/h4-18H,3H2,1-2H3. The van der Waals surface area contributed by atoms with Crippen molar-refractivity contribution >= 4 is 32.6 Å². The molecule has 5 aromatic rings. The van der Waals surface area contributed by atoms with Crippen molar-refractivity contribution in [3.05, 3.63) is 90.5 Å². The van der Waals surface area contributed by atoms with Crippen LogP contribution in [0.15, 0.2) is 84.9 Å². The van der Waals surface area contributed by atoms with Gasteiger partial charge in [-0.15, -0.1) is 0 Å². The number of nitrogens with zero attached hydrogens (tertiary/aromatic N) is 1. The summed E-state index contributed by atoms with van der Waals surface area (Å²) in [4.78, 5) is 0. The molecule has 0 aliphatic carbocycles. The Morgan fingerprint density at radius 3 is 2.11 bits per heavy atom. The lowest BCUT2D eigenvalue weighted by atomic mass is 9.97. The molecule has 0 bridgehead atoms. The summed E-state index contributed by atoms with van der Waals surface area (Å²) in [6.45, 7) is 4.57. The Balaban J connectivity index is 1.94. The minimum atomic E-state index is 0.565. The monoisotopic (exact) mass is 349 g/mol. The molecule has 1 heterocycles. The van der Waals surface area contributed by atoms with Crippen molar-refractivity contribution in [2.45, 2.75) is 26.2 Å². The molecule has 1 heteroatoms. The average Bonchev–Trinajstić information content (AvgIpc) is 3.04. The third-order valence-corrected chi connectivity index (χ3v) is 5.85. The molecule has 0 amide bonds. The molecule has 132 valence electrons. The predicted molar refractivity (Wildman–Crippen MR) is 117 cm³/mol. The summed E-state index contributed by atoms with van der Waals surface area (Å²) in [5.74, 6) is 0.565. The fourth-order valence-corrected chi connectivity index (χ4v) is 4.12. The number of aromatic nitrogens is 1. The molecule has 0 saturated heterocycles. The van der Waals surface area contributed by atoms with Crippen LogP contribution in [0.4, 0.5) is 0 Å². The first-order valence-electron chi connectivity index (χ1n) is 9.78. The summed E-state index contributed by atoms with van der Waals surface area (Å²) in [5, 5.41) is 5.23. The van der Waals surface area contributed by atoms with Crippen molar-refractivity contribution in [2.75, 3.05) is 0 Å². The van der Waals surface area contributed by atoms with E-state index in [4.69, 9.17) is 0 Å². The van der Waals surface area contributed by atoms with E-state index in [0.717, 1.165) is 6.42 Å². The summed E-state index contributed by atoms with van der Waals surface area (Å²) < 4.78 is 2.42. The number of hydrogen-bond donors (Lipinski definition) is 0. The lowest BCUT2D eigenvalue weighted by Crippen LogP contribution is -1.95. The molecule has 0 spiro atoms. The van der Waals surface area contributed by atoms with Gasteiger partial charge in [-0.05, 0) is 59.0 Å². The highest BCUT2D eigenvalue weighted by atomic mass is 15.0. The van der Waals surface area contributed by atoms with E-state index in [2.05, 4.69) is 103 Å². The first-order valence-corrected chi connectivity index (χ1v) is 9.78. The van der Waals surface area contributed by atoms with Gasteiger partial charge in [0, 0.05) is 16.5 Å². The second kappa shape index (κ2) is 6.28. The highest BCUT2D eigenvalue weighted by Gasteiger charge is 2.15. The fourth-order valence-electron chi connectivity index (χ4n) is 4.12. The molecular weight excluding hydrogens is 326 g/mol. The van der Waals surface area contributed by atoms with Gasteiger partial charge in [-0.3, -0.25) is 0 Å². The van der Waals surface area contributed by atoms with Crippen LogP contribution in [0.25, 0.3) is 38.3 Å². The summed E-state index contributed by atoms with van der Waals surface area (Å²) >= 11 is 0. The maximum atomic E-state index is 2.42. The second-order valence-corrected chi connectivity index (χ2v) is 7.47. The number of rotatable bonds is 3. The minimum Gasteiger partial charge on any atom is -0.309 e. The molecular formula is C26H23N. The molecule has 0 N–H and O–H groups in total.